The van der Waals surface area contributed by atoms with Crippen LogP contribution in [0.25, 0.3) is 0 Å². The fourth-order valence-corrected chi connectivity index (χ4v) is 2.95. The first-order valence-electron chi connectivity index (χ1n) is 7.99. The highest BCUT2D eigenvalue weighted by atomic mass is 19.4. The smallest absolute Gasteiger partial charge is 0.433 e. The highest BCUT2D eigenvalue weighted by Gasteiger charge is 2.33. The van der Waals surface area contributed by atoms with Gasteiger partial charge in [-0.3, -0.25) is 0 Å². The van der Waals surface area contributed by atoms with Gasteiger partial charge in [-0.1, -0.05) is 12.1 Å². The number of nitrogens with one attached hydrogen (secondary N) is 1. The molecule has 5 nitrogen and oxygen atoms in total. The van der Waals surface area contributed by atoms with Gasteiger partial charge in [-0.05, 0) is 30.5 Å². The van der Waals surface area contributed by atoms with Gasteiger partial charge in [0.25, 0.3) is 0 Å². The van der Waals surface area contributed by atoms with Gasteiger partial charge in [-0.25, -0.2) is 9.97 Å². The Morgan fingerprint density at radius 2 is 2.08 bits per heavy atom. The van der Waals surface area contributed by atoms with Crippen LogP contribution >= 0.6 is 0 Å². The number of hydrogen-bond donors (Lipinski definition) is 1. The number of anilines is 2. The summed E-state index contributed by atoms with van der Waals surface area (Å²) >= 11 is 0. The molecule has 3 rings (SSSR count). The Labute approximate surface area is 143 Å². The van der Waals surface area contributed by atoms with Crippen molar-refractivity contribution in [1.29, 1.82) is 0 Å². The minimum absolute atomic E-state index is 0.00515. The van der Waals surface area contributed by atoms with Crippen LogP contribution in [0.5, 0.6) is 5.75 Å². The summed E-state index contributed by atoms with van der Waals surface area (Å²) in [6.45, 7) is 2.19. The molecule has 1 aromatic heterocycles. The second kappa shape index (κ2) is 7.16. The van der Waals surface area contributed by atoms with E-state index in [9.17, 15) is 13.2 Å². The Morgan fingerprint density at radius 3 is 2.84 bits per heavy atom. The molecule has 1 atom stereocenters. The van der Waals surface area contributed by atoms with E-state index >= 15 is 0 Å². The molecule has 1 N–H and O–H groups in total. The number of hydrogen-bond acceptors (Lipinski definition) is 5. The van der Waals surface area contributed by atoms with Gasteiger partial charge < -0.3 is 15.0 Å². The molecule has 8 heteroatoms. The molecule has 1 aliphatic heterocycles. The largest absolute Gasteiger partial charge is 0.495 e. The number of methoxy groups -OCH3 is 1. The number of aromatic nitrogens is 2. The van der Waals surface area contributed by atoms with Crippen LogP contribution in [0.1, 0.15) is 12.1 Å². The zero-order chi connectivity index (χ0) is 17.9. The summed E-state index contributed by atoms with van der Waals surface area (Å²) in [5, 5.41) is 2.92. The highest BCUT2D eigenvalue weighted by molar-refractivity contribution is 5.59. The van der Waals surface area contributed by atoms with Crippen molar-refractivity contribution in [2.75, 3.05) is 37.0 Å². The van der Waals surface area contributed by atoms with Crippen molar-refractivity contribution in [3.8, 4) is 5.75 Å². The van der Waals surface area contributed by atoms with Crippen molar-refractivity contribution in [3.63, 3.8) is 0 Å². The SMILES string of the molecule is COc1ccccc1N1CCC(CNc2nccc(C(F)(F)F)n2)C1. The third-order valence-electron chi connectivity index (χ3n) is 4.21. The average molecular weight is 352 g/mol. The van der Waals surface area contributed by atoms with Gasteiger partial charge in [-0.2, -0.15) is 13.2 Å². The molecule has 0 saturated carbocycles. The third kappa shape index (κ3) is 4.12. The van der Waals surface area contributed by atoms with Crippen molar-refractivity contribution in [2.45, 2.75) is 12.6 Å². The Hall–Kier alpha value is -2.51. The van der Waals surface area contributed by atoms with E-state index < -0.39 is 11.9 Å². The summed E-state index contributed by atoms with van der Waals surface area (Å²) in [6.07, 6.45) is -2.41. The minimum Gasteiger partial charge on any atom is -0.495 e. The van der Waals surface area contributed by atoms with Crippen molar-refractivity contribution in [3.05, 3.63) is 42.2 Å². The summed E-state index contributed by atoms with van der Waals surface area (Å²) in [6, 6.07) is 8.66. The predicted octanol–water partition coefficient (Wildman–Crippen LogP) is 3.44. The second-order valence-corrected chi connectivity index (χ2v) is 5.92. The molecule has 1 unspecified atom stereocenters. The van der Waals surface area contributed by atoms with E-state index in [0.717, 1.165) is 43.2 Å². The van der Waals surface area contributed by atoms with Crippen LogP contribution in [0.4, 0.5) is 24.8 Å². The van der Waals surface area contributed by atoms with Crippen LogP contribution in [0.15, 0.2) is 36.5 Å². The van der Waals surface area contributed by atoms with Gasteiger partial charge in [0, 0.05) is 25.8 Å². The molecule has 0 bridgehead atoms. The molecule has 1 aromatic carbocycles. The van der Waals surface area contributed by atoms with Crippen molar-refractivity contribution >= 4 is 11.6 Å². The van der Waals surface area contributed by atoms with Gasteiger partial charge in [0.2, 0.25) is 5.95 Å². The standard InChI is InChI=1S/C17H19F3N4O/c1-25-14-5-3-2-4-13(14)24-9-7-12(11-24)10-22-16-21-8-6-15(23-16)17(18,19)20/h2-6,8,12H,7,9-11H2,1H3,(H,21,22,23). The number of rotatable bonds is 5. The van der Waals surface area contributed by atoms with E-state index in [4.69, 9.17) is 4.74 Å². The molecule has 0 amide bonds. The fourth-order valence-electron chi connectivity index (χ4n) is 2.95. The average Bonchev–Trinajstić information content (AvgIpc) is 3.08. The lowest BCUT2D eigenvalue weighted by molar-refractivity contribution is -0.141. The van der Waals surface area contributed by atoms with E-state index in [2.05, 4.69) is 20.2 Å². The summed E-state index contributed by atoms with van der Waals surface area (Å²) in [7, 11) is 1.64. The topological polar surface area (TPSA) is 50.3 Å². The maximum Gasteiger partial charge on any atom is 0.433 e. The zero-order valence-corrected chi connectivity index (χ0v) is 13.8. The molecular weight excluding hydrogens is 333 g/mol. The molecule has 2 heterocycles. The summed E-state index contributed by atoms with van der Waals surface area (Å²) in [4.78, 5) is 9.61. The Balaban J connectivity index is 1.59. The van der Waals surface area contributed by atoms with E-state index in [1.165, 1.54) is 0 Å². The van der Waals surface area contributed by atoms with Gasteiger partial charge in [0.05, 0.1) is 12.8 Å². The number of halogens is 3. The Kier molecular flexibility index (Phi) is 4.96. The van der Waals surface area contributed by atoms with Crippen molar-refractivity contribution in [1.82, 2.24) is 9.97 Å². The van der Waals surface area contributed by atoms with Crippen molar-refractivity contribution < 1.29 is 17.9 Å². The zero-order valence-electron chi connectivity index (χ0n) is 13.8. The van der Waals surface area contributed by atoms with Gasteiger partial charge in [0.1, 0.15) is 11.4 Å². The van der Waals surface area contributed by atoms with Crippen molar-refractivity contribution in [2.24, 2.45) is 5.92 Å². The van der Waals surface area contributed by atoms with Gasteiger partial charge in [0.15, 0.2) is 0 Å². The maximum absolute atomic E-state index is 12.7. The summed E-state index contributed by atoms with van der Waals surface area (Å²) in [5.74, 6) is 1.12. The Bertz CT molecular complexity index is 723. The first kappa shape index (κ1) is 17.3. The minimum atomic E-state index is -4.46. The normalized spacial score (nSPS) is 17.6. The lowest BCUT2D eigenvalue weighted by Crippen LogP contribution is -2.23. The van der Waals surface area contributed by atoms with Crippen LogP contribution in [-0.4, -0.2) is 36.7 Å². The van der Waals surface area contributed by atoms with E-state index in [-0.39, 0.29) is 5.95 Å². The fraction of sp³-hybridized carbons (Fsp3) is 0.412. The van der Waals surface area contributed by atoms with Crippen LogP contribution in [-0.2, 0) is 6.18 Å². The number of nitrogens with zero attached hydrogens (tertiary/aromatic N) is 3. The van der Waals surface area contributed by atoms with E-state index in [1.54, 1.807) is 7.11 Å². The number of ether oxygens (including phenoxy) is 1. The van der Waals surface area contributed by atoms with Crippen LogP contribution in [0, 0.1) is 5.92 Å². The number of benzene rings is 1. The number of alkyl halides is 3. The molecule has 1 saturated heterocycles. The third-order valence-corrected chi connectivity index (χ3v) is 4.21. The first-order valence-corrected chi connectivity index (χ1v) is 7.99. The predicted molar refractivity (Wildman–Crippen MR) is 88.8 cm³/mol. The Morgan fingerprint density at radius 1 is 1.28 bits per heavy atom. The molecule has 0 spiro atoms. The maximum atomic E-state index is 12.7. The molecule has 1 aliphatic rings. The van der Waals surface area contributed by atoms with E-state index in [0.29, 0.717) is 12.5 Å². The van der Waals surface area contributed by atoms with Crippen LogP contribution in [0.3, 0.4) is 0 Å². The lowest BCUT2D eigenvalue weighted by atomic mass is 10.1. The van der Waals surface area contributed by atoms with Crippen LogP contribution < -0.4 is 15.0 Å². The molecular formula is C17H19F3N4O. The molecule has 25 heavy (non-hydrogen) atoms. The molecule has 134 valence electrons. The monoisotopic (exact) mass is 352 g/mol. The summed E-state index contributed by atoms with van der Waals surface area (Å²) < 4.78 is 43.4. The molecule has 0 aliphatic carbocycles. The van der Waals surface area contributed by atoms with Crippen LogP contribution in [0.2, 0.25) is 0 Å². The van der Waals surface area contributed by atoms with Gasteiger partial charge in [-0.15, -0.1) is 0 Å². The molecule has 0 radical (unpaired) electrons. The number of para-hydroxylation sites is 2. The quantitative estimate of drug-likeness (QED) is 0.893. The first-order chi connectivity index (χ1) is 12.0. The highest BCUT2D eigenvalue weighted by Crippen LogP contribution is 2.32. The molecule has 1 fully saturated rings. The summed E-state index contributed by atoms with van der Waals surface area (Å²) in [5.41, 5.74) is 0.0925. The molecule has 2 aromatic rings. The lowest BCUT2D eigenvalue weighted by Gasteiger charge is -2.21. The van der Waals surface area contributed by atoms with Gasteiger partial charge >= 0.3 is 6.18 Å². The van der Waals surface area contributed by atoms with E-state index in [1.807, 2.05) is 24.3 Å². The second-order valence-electron chi connectivity index (χ2n) is 5.92.